The number of methoxy groups -OCH3 is 1. The van der Waals surface area contributed by atoms with Gasteiger partial charge in [0.25, 0.3) is 5.91 Å². The van der Waals surface area contributed by atoms with Crippen LogP contribution in [0.1, 0.15) is 81.0 Å². The molecular formula is C33H50N4O5S. The van der Waals surface area contributed by atoms with Crippen molar-refractivity contribution in [3.8, 4) is 0 Å². The molecule has 0 saturated carbocycles. The molecule has 43 heavy (non-hydrogen) atoms. The van der Waals surface area contributed by atoms with Crippen LogP contribution in [0.25, 0.3) is 0 Å². The van der Waals surface area contributed by atoms with E-state index in [4.69, 9.17) is 15.2 Å². The minimum Gasteiger partial charge on any atom is -0.461 e. The predicted octanol–water partition coefficient (Wildman–Crippen LogP) is 5.17. The highest BCUT2D eigenvalue weighted by Gasteiger charge is 2.32. The molecule has 238 valence electrons. The Balaban J connectivity index is 2.19. The zero-order valence-corrected chi connectivity index (χ0v) is 27.6. The third kappa shape index (κ3) is 10.9. The summed E-state index contributed by atoms with van der Waals surface area (Å²) in [6.45, 7) is 13.7. The highest BCUT2D eigenvalue weighted by Crippen LogP contribution is 2.30. The number of nitrogens with zero attached hydrogens (tertiary/aromatic N) is 2. The predicted molar refractivity (Wildman–Crippen MR) is 172 cm³/mol. The summed E-state index contributed by atoms with van der Waals surface area (Å²) in [5, 5.41) is 5.46. The molecule has 0 aliphatic rings. The molecule has 2 aromatic rings. The number of aromatic nitrogens is 1. The van der Waals surface area contributed by atoms with Gasteiger partial charge < -0.3 is 25.4 Å². The van der Waals surface area contributed by atoms with E-state index in [1.54, 1.807) is 31.4 Å². The Hall–Kier alpha value is -3.08. The van der Waals surface area contributed by atoms with Crippen molar-refractivity contribution in [1.29, 1.82) is 0 Å². The van der Waals surface area contributed by atoms with E-state index in [0.29, 0.717) is 24.3 Å². The minimum absolute atomic E-state index is 0.0764. The number of carbonyl (C=O) groups is 3. The summed E-state index contributed by atoms with van der Waals surface area (Å²) in [4.78, 5) is 45.3. The number of carbonyl (C=O) groups excluding carboxylic acids is 3. The molecular weight excluding hydrogens is 564 g/mol. The third-order valence-electron chi connectivity index (χ3n) is 7.97. The number of benzene rings is 1. The zero-order chi connectivity index (χ0) is 32.1. The molecule has 0 saturated heterocycles. The van der Waals surface area contributed by atoms with E-state index < -0.39 is 18.1 Å². The lowest BCUT2D eigenvalue weighted by molar-refractivity contribution is -0.147. The van der Waals surface area contributed by atoms with Crippen molar-refractivity contribution in [3.63, 3.8) is 0 Å². The fourth-order valence-electron chi connectivity index (χ4n) is 4.99. The van der Waals surface area contributed by atoms with Gasteiger partial charge in [0.15, 0.2) is 0 Å². The Labute approximate surface area is 261 Å². The minimum atomic E-state index is -0.567. The fraction of sp³-hybridized carbons (Fsp3) is 0.576. The topological polar surface area (TPSA) is 124 Å². The normalized spacial score (nSPS) is 15.6. The molecule has 3 N–H and O–H groups in total. The highest BCUT2D eigenvalue weighted by molar-refractivity contribution is 7.09. The summed E-state index contributed by atoms with van der Waals surface area (Å²) >= 11 is 1.35. The zero-order valence-electron chi connectivity index (χ0n) is 26.7. The van der Waals surface area contributed by atoms with Crippen molar-refractivity contribution in [2.45, 2.75) is 84.5 Å². The van der Waals surface area contributed by atoms with E-state index in [-0.39, 0.29) is 54.0 Å². The molecule has 0 aliphatic carbocycles. The van der Waals surface area contributed by atoms with E-state index in [0.717, 1.165) is 12.0 Å². The smallest absolute Gasteiger partial charge is 0.309 e. The average Bonchev–Trinajstić information content (AvgIpc) is 3.49. The highest BCUT2D eigenvalue weighted by atomic mass is 32.1. The number of hydrogen-bond acceptors (Lipinski definition) is 8. The van der Waals surface area contributed by atoms with Crippen LogP contribution in [0.5, 0.6) is 0 Å². The summed E-state index contributed by atoms with van der Waals surface area (Å²) in [6, 6.07) is 8.80. The second-order valence-corrected chi connectivity index (χ2v) is 12.5. The first kappa shape index (κ1) is 36.1. The summed E-state index contributed by atoms with van der Waals surface area (Å²) in [7, 11) is 3.41. The van der Waals surface area contributed by atoms with Crippen LogP contribution in [0.3, 0.4) is 0 Å². The number of amides is 2. The van der Waals surface area contributed by atoms with Crippen molar-refractivity contribution >= 4 is 29.1 Å². The standard InChI is InChI=1S/C33H50N4O5S/c1-9-16-42-33(40)23(6)17-25(18-24-14-12-11-13-15-24)35-30(38)26-20-43-31(36-26)28(41-8)19-27(21(3)4)37(7)32(39)29(34)22(5)10-2/h9,11-15,20-23,25,27-29H,1,10,16-19,34H2,2-8H3,(H,35,38)/t22-,23-,25+,27+,28+,29-/m0/s1. The van der Waals surface area contributed by atoms with Crippen LogP contribution in [0.15, 0.2) is 48.4 Å². The lowest BCUT2D eigenvalue weighted by Crippen LogP contribution is -2.51. The Morgan fingerprint density at radius 2 is 1.81 bits per heavy atom. The van der Waals surface area contributed by atoms with E-state index in [2.05, 4.69) is 30.7 Å². The maximum absolute atomic E-state index is 13.4. The van der Waals surface area contributed by atoms with Crippen molar-refractivity contribution in [2.75, 3.05) is 20.8 Å². The fourth-order valence-corrected chi connectivity index (χ4v) is 5.88. The number of esters is 1. The van der Waals surface area contributed by atoms with E-state index >= 15 is 0 Å². The Morgan fingerprint density at radius 3 is 2.40 bits per heavy atom. The third-order valence-corrected chi connectivity index (χ3v) is 8.91. The van der Waals surface area contributed by atoms with Gasteiger partial charge in [-0.1, -0.05) is 84.0 Å². The second-order valence-electron chi connectivity index (χ2n) is 11.6. The summed E-state index contributed by atoms with van der Waals surface area (Å²) in [6.07, 6.45) is 3.42. The van der Waals surface area contributed by atoms with Gasteiger partial charge >= 0.3 is 5.97 Å². The number of rotatable bonds is 18. The molecule has 1 aromatic heterocycles. The second kappa shape index (κ2) is 17.9. The van der Waals surface area contributed by atoms with E-state index in [1.807, 2.05) is 44.2 Å². The van der Waals surface area contributed by atoms with Gasteiger partial charge in [0.05, 0.1) is 12.0 Å². The van der Waals surface area contributed by atoms with Gasteiger partial charge in [0, 0.05) is 38.0 Å². The van der Waals surface area contributed by atoms with Crippen LogP contribution in [0, 0.1) is 17.8 Å². The first-order chi connectivity index (χ1) is 20.4. The number of ether oxygens (including phenoxy) is 2. The van der Waals surface area contributed by atoms with Gasteiger partial charge in [-0.2, -0.15) is 0 Å². The van der Waals surface area contributed by atoms with Gasteiger partial charge in [0.2, 0.25) is 5.91 Å². The van der Waals surface area contributed by atoms with Crippen molar-refractivity contribution < 1.29 is 23.9 Å². The number of nitrogens with two attached hydrogens (primary N) is 1. The molecule has 1 aromatic carbocycles. The van der Waals surface area contributed by atoms with Crippen LogP contribution in [-0.2, 0) is 25.5 Å². The van der Waals surface area contributed by atoms with Crippen LogP contribution in [0.2, 0.25) is 0 Å². The van der Waals surface area contributed by atoms with Crippen LogP contribution in [0.4, 0.5) is 0 Å². The molecule has 0 radical (unpaired) electrons. The molecule has 0 spiro atoms. The lowest BCUT2D eigenvalue weighted by Gasteiger charge is -2.35. The summed E-state index contributed by atoms with van der Waals surface area (Å²) in [5.41, 5.74) is 7.60. The van der Waals surface area contributed by atoms with Gasteiger partial charge in [-0.25, -0.2) is 4.98 Å². The van der Waals surface area contributed by atoms with Gasteiger partial charge in [-0.3, -0.25) is 14.4 Å². The molecule has 1 heterocycles. The largest absolute Gasteiger partial charge is 0.461 e. The molecule has 10 heteroatoms. The molecule has 0 bridgehead atoms. The molecule has 2 rings (SSSR count). The lowest BCUT2D eigenvalue weighted by atomic mass is 9.93. The quantitative estimate of drug-likeness (QED) is 0.175. The molecule has 0 aliphatic heterocycles. The molecule has 2 amide bonds. The van der Waals surface area contributed by atoms with Crippen molar-refractivity contribution in [1.82, 2.24) is 15.2 Å². The first-order valence-corrected chi connectivity index (χ1v) is 15.9. The van der Waals surface area contributed by atoms with Gasteiger partial charge in [-0.15, -0.1) is 11.3 Å². The number of hydrogen-bond donors (Lipinski definition) is 2. The number of thiazole rings is 1. The van der Waals surface area contributed by atoms with Crippen LogP contribution in [-0.4, -0.2) is 66.6 Å². The summed E-state index contributed by atoms with van der Waals surface area (Å²) in [5.74, 6) is -0.936. The average molecular weight is 615 g/mol. The van der Waals surface area contributed by atoms with Crippen LogP contribution < -0.4 is 11.1 Å². The van der Waals surface area contributed by atoms with Crippen molar-refractivity contribution in [3.05, 3.63) is 64.6 Å². The number of nitrogens with one attached hydrogen (secondary N) is 1. The Bertz CT molecular complexity index is 1170. The molecule has 0 unspecified atom stereocenters. The Kier molecular flexibility index (Phi) is 15.0. The van der Waals surface area contributed by atoms with Gasteiger partial charge in [0.1, 0.15) is 23.4 Å². The van der Waals surface area contributed by atoms with Crippen LogP contribution >= 0.6 is 11.3 Å². The monoisotopic (exact) mass is 614 g/mol. The molecule has 0 fully saturated rings. The molecule has 9 nitrogen and oxygen atoms in total. The maximum atomic E-state index is 13.4. The maximum Gasteiger partial charge on any atom is 0.309 e. The first-order valence-electron chi connectivity index (χ1n) is 15.1. The molecule has 6 atom stereocenters. The van der Waals surface area contributed by atoms with Crippen molar-refractivity contribution in [2.24, 2.45) is 23.5 Å². The SMILES string of the molecule is C=CCOC(=O)[C@@H](C)C[C@H](Cc1ccccc1)NC(=O)c1csc([C@@H](C[C@H](C(C)C)N(C)C(=O)[C@@H](N)[C@@H](C)CC)OC)n1. The van der Waals surface area contributed by atoms with E-state index in [9.17, 15) is 14.4 Å². The van der Waals surface area contributed by atoms with E-state index in [1.165, 1.54) is 17.4 Å². The summed E-state index contributed by atoms with van der Waals surface area (Å²) < 4.78 is 11.0. The Morgan fingerprint density at radius 1 is 1.14 bits per heavy atom. The van der Waals surface area contributed by atoms with Gasteiger partial charge in [-0.05, 0) is 30.2 Å². The number of likely N-dealkylation sites (N-methyl/N-ethyl adjacent to an activating group) is 1.